The van der Waals surface area contributed by atoms with Crippen LogP contribution < -0.4 is 9.80 Å². The molecule has 0 bridgehead atoms. The summed E-state index contributed by atoms with van der Waals surface area (Å²) in [6.45, 7) is 2.12. The maximum Gasteiger partial charge on any atom is 0.185 e. The van der Waals surface area contributed by atoms with E-state index in [-0.39, 0.29) is 5.78 Å². The first-order chi connectivity index (χ1) is 11.9. The number of hydrogen-bond donors (Lipinski definition) is 0. The van der Waals surface area contributed by atoms with Gasteiger partial charge in [-0.15, -0.1) is 11.8 Å². The van der Waals surface area contributed by atoms with Crippen molar-refractivity contribution in [2.45, 2.75) is 11.8 Å². The van der Waals surface area contributed by atoms with Crippen LogP contribution in [0.3, 0.4) is 0 Å². The van der Waals surface area contributed by atoms with Crippen molar-refractivity contribution >= 4 is 35.0 Å². The van der Waals surface area contributed by atoms with E-state index in [4.69, 9.17) is 0 Å². The van der Waals surface area contributed by atoms with Crippen LogP contribution in [0.4, 0.5) is 11.4 Å². The highest BCUT2D eigenvalue weighted by Crippen LogP contribution is 2.24. The highest BCUT2D eigenvalue weighted by atomic mass is 32.2. The molecule has 0 unspecified atom stereocenters. The molecule has 0 aromatic heterocycles. The molecule has 132 valence electrons. The minimum absolute atomic E-state index is 0.0229. The van der Waals surface area contributed by atoms with Crippen LogP contribution >= 0.6 is 11.8 Å². The van der Waals surface area contributed by atoms with E-state index in [0.717, 1.165) is 22.7 Å². The lowest BCUT2D eigenvalue weighted by Gasteiger charge is -2.19. The van der Waals surface area contributed by atoms with Crippen molar-refractivity contribution in [1.82, 2.24) is 0 Å². The zero-order chi connectivity index (χ0) is 18.4. The molecule has 0 saturated heterocycles. The molecule has 0 atom stereocenters. The maximum atomic E-state index is 12.4. The lowest BCUT2D eigenvalue weighted by atomic mass is 10.1. The van der Waals surface area contributed by atoms with Crippen molar-refractivity contribution in [3.8, 4) is 0 Å². The highest BCUT2D eigenvalue weighted by Gasteiger charge is 2.05. The fourth-order valence-electron chi connectivity index (χ4n) is 2.38. The Bertz CT molecular complexity index is 723. The van der Waals surface area contributed by atoms with Crippen molar-refractivity contribution in [1.29, 1.82) is 0 Å². The van der Waals surface area contributed by atoms with Gasteiger partial charge in [0.25, 0.3) is 0 Å². The van der Waals surface area contributed by atoms with Gasteiger partial charge in [-0.05, 0) is 59.9 Å². The smallest absolute Gasteiger partial charge is 0.185 e. The molecule has 2 rings (SSSR count). The molecule has 0 aliphatic rings. The number of hydrogen-bond acceptors (Lipinski definition) is 4. The van der Waals surface area contributed by atoms with Gasteiger partial charge < -0.3 is 9.80 Å². The van der Waals surface area contributed by atoms with Crippen molar-refractivity contribution in [2.24, 2.45) is 0 Å². The van der Waals surface area contributed by atoms with E-state index in [1.165, 1.54) is 4.90 Å². The fourth-order valence-corrected chi connectivity index (χ4v) is 3.04. The normalized spacial score (nSPS) is 10.9. The van der Waals surface area contributed by atoms with Gasteiger partial charge in [0.05, 0.1) is 0 Å². The summed E-state index contributed by atoms with van der Waals surface area (Å²) in [5.41, 5.74) is 3.95. The number of anilines is 2. The van der Waals surface area contributed by atoms with Gasteiger partial charge in [-0.2, -0.15) is 0 Å². The predicted molar refractivity (Wildman–Crippen MR) is 111 cm³/mol. The number of ketones is 1. The van der Waals surface area contributed by atoms with E-state index in [0.29, 0.717) is 5.56 Å². The molecule has 2 aromatic rings. The zero-order valence-electron chi connectivity index (χ0n) is 15.6. The average Bonchev–Trinajstić information content (AvgIpc) is 2.60. The van der Waals surface area contributed by atoms with E-state index in [1.807, 2.05) is 58.5 Å². The first kappa shape index (κ1) is 19.1. The lowest BCUT2D eigenvalue weighted by molar-refractivity contribution is 0.104. The number of carbonyl (C=O) groups excluding carboxylic acids is 1. The standard InChI is InChI=1S/C21H26N2OS/c1-6-25-20-10-8-17(9-11-20)21(24)12-7-16-13-18(22(2)3)15-19(14-16)23(4)5/h7-15H,6H2,1-5H3/b12-7+. The summed E-state index contributed by atoms with van der Waals surface area (Å²) in [6.07, 6.45) is 3.53. The van der Waals surface area contributed by atoms with Crippen LogP contribution in [0.1, 0.15) is 22.8 Å². The van der Waals surface area contributed by atoms with Gasteiger partial charge >= 0.3 is 0 Å². The molecule has 0 aliphatic carbocycles. The Morgan fingerprint density at radius 2 is 1.52 bits per heavy atom. The molecular weight excluding hydrogens is 328 g/mol. The van der Waals surface area contributed by atoms with E-state index in [2.05, 4.69) is 34.9 Å². The molecule has 0 saturated carbocycles. The average molecular weight is 355 g/mol. The first-order valence-corrected chi connectivity index (χ1v) is 9.34. The third kappa shape index (κ3) is 5.40. The summed E-state index contributed by atoms with van der Waals surface area (Å²) >= 11 is 1.78. The minimum atomic E-state index is 0.0229. The molecular formula is C21H26N2OS. The molecule has 25 heavy (non-hydrogen) atoms. The predicted octanol–water partition coefficient (Wildman–Crippen LogP) is 4.83. The number of nitrogens with zero attached hydrogens (tertiary/aromatic N) is 2. The number of carbonyl (C=O) groups is 1. The zero-order valence-corrected chi connectivity index (χ0v) is 16.4. The number of thioether (sulfide) groups is 1. The fraction of sp³-hybridized carbons (Fsp3) is 0.286. The first-order valence-electron chi connectivity index (χ1n) is 8.35. The molecule has 0 aliphatic heterocycles. The molecule has 4 heteroatoms. The van der Waals surface area contributed by atoms with Gasteiger partial charge in [-0.25, -0.2) is 0 Å². The summed E-state index contributed by atoms with van der Waals surface area (Å²) in [7, 11) is 8.07. The van der Waals surface area contributed by atoms with E-state index < -0.39 is 0 Å². The quantitative estimate of drug-likeness (QED) is 0.404. The second-order valence-corrected chi connectivity index (χ2v) is 7.56. The van der Waals surface area contributed by atoms with Crippen LogP contribution in [0.2, 0.25) is 0 Å². The minimum Gasteiger partial charge on any atom is -0.378 e. The van der Waals surface area contributed by atoms with Gasteiger partial charge in [-0.3, -0.25) is 4.79 Å². The molecule has 0 radical (unpaired) electrons. The molecule has 2 aromatic carbocycles. The summed E-state index contributed by atoms with van der Waals surface area (Å²) < 4.78 is 0. The highest BCUT2D eigenvalue weighted by molar-refractivity contribution is 7.99. The number of benzene rings is 2. The second kappa shape index (κ2) is 8.77. The third-order valence-electron chi connectivity index (χ3n) is 3.83. The van der Waals surface area contributed by atoms with Crippen molar-refractivity contribution in [2.75, 3.05) is 43.7 Å². The Labute approximate surface area is 155 Å². The topological polar surface area (TPSA) is 23.6 Å². The summed E-state index contributed by atoms with van der Waals surface area (Å²) in [6, 6.07) is 14.1. The largest absolute Gasteiger partial charge is 0.378 e. The summed E-state index contributed by atoms with van der Waals surface area (Å²) in [5.74, 6) is 1.05. The van der Waals surface area contributed by atoms with E-state index >= 15 is 0 Å². The number of allylic oxidation sites excluding steroid dienone is 1. The monoisotopic (exact) mass is 354 g/mol. The van der Waals surface area contributed by atoms with Crippen LogP contribution in [0.5, 0.6) is 0 Å². The second-order valence-electron chi connectivity index (χ2n) is 6.23. The van der Waals surface area contributed by atoms with Crippen molar-refractivity contribution in [3.63, 3.8) is 0 Å². The van der Waals surface area contributed by atoms with Crippen LogP contribution in [-0.4, -0.2) is 39.7 Å². The Morgan fingerprint density at radius 1 is 0.960 bits per heavy atom. The SMILES string of the molecule is CCSc1ccc(C(=O)/C=C/c2cc(N(C)C)cc(N(C)C)c2)cc1. The third-order valence-corrected chi connectivity index (χ3v) is 4.73. The van der Waals surface area contributed by atoms with Crippen LogP contribution in [0, 0.1) is 0 Å². The Balaban J connectivity index is 2.21. The molecule has 0 N–H and O–H groups in total. The Hall–Kier alpha value is -2.20. The molecule has 0 amide bonds. The van der Waals surface area contributed by atoms with E-state index in [1.54, 1.807) is 17.8 Å². The van der Waals surface area contributed by atoms with Gasteiger partial charge in [0, 0.05) is 50.0 Å². The van der Waals surface area contributed by atoms with Crippen molar-refractivity contribution in [3.05, 3.63) is 59.7 Å². The van der Waals surface area contributed by atoms with Gasteiger partial charge in [-0.1, -0.05) is 13.0 Å². The van der Waals surface area contributed by atoms with Crippen LogP contribution in [0.25, 0.3) is 6.08 Å². The lowest BCUT2D eigenvalue weighted by Crippen LogP contribution is -2.12. The van der Waals surface area contributed by atoms with Crippen LogP contribution in [0.15, 0.2) is 53.4 Å². The molecule has 0 fully saturated rings. The van der Waals surface area contributed by atoms with Crippen molar-refractivity contribution < 1.29 is 4.79 Å². The van der Waals surface area contributed by atoms with Gasteiger partial charge in [0.1, 0.15) is 0 Å². The van der Waals surface area contributed by atoms with Crippen LogP contribution in [-0.2, 0) is 0 Å². The maximum absolute atomic E-state index is 12.4. The Morgan fingerprint density at radius 3 is 2.00 bits per heavy atom. The number of rotatable bonds is 7. The Kier molecular flexibility index (Phi) is 6.71. The molecule has 3 nitrogen and oxygen atoms in total. The van der Waals surface area contributed by atoms with Gasteiger partial charge in [0.15, 0.2) is 5.78 Å². The molecule has 0 heterocycles. The van der Waals surface area contributed by atoms with Gasteiger partial charge in [0.2, 0.25) is 0 Å². The summed E-state index contributed by atoms with van der Waals surface area (Å²) in [4.78, 5) is 17.7. The summed E-state index contributed by atoms with van der Waals surface area (Å²) in [5, 5.41) is 0. The van der Waals surface area contributed by atoms with E-state index in [9.17, 15) is 4.79 Å². The molecule has 0 spiro atoms.